The number of hydrogen-bond acceptors (Lipinski definition) is 2. The molecule has 1 unspecified atom stereocenters. The van der Waals surface area contributed by atoms with Crippen LogP contribution in [-0.4, -0.2) is 15.2 Å². The summed E-state index contributed by atoms with van der Waals surface area (Å²) in [6.45, 7) is 0. The van der Waals surface area contributed by atoms with E-state index in [0.717, 1.165) is 11.0 Å². The second-order valence-corrected chi connectivity index (χ2v) is 5.17. The fourth-order valence-electron chi connectivity index (χ4n) is 1.15. The van der Waals surface area contributed by atoms with E-state index >= 15 is 0 Å². The van der Waals surface area contributed by atoms with E-state index < -0.39 is 0 Å². The van der Waals surface area contributed by atoms with E-state index in [1.165, 1.54) is 0 Å². The van der Waals surface area contributed by atoms with E-state index in [1.807, 2.05) is 34.6 Å². The van der Waals surface area contributed by atoms with E-state index in [1.54, 1.807) is 6.20 Å². The van der Waals surface area contributed by atoms with E-state index in [0.29, 0.717) is 0 Å². The monoisotopic (exact) mass is 196 g/mol. The highest BCUT2D eigenvalue weighted by Crippen LogP contribution is 2.12. The van der Waals surface area contributed by atoms with Crippen molar-refractivity contribution in [1.82, 2.24) is 8.96 Å². The highest BCUT2D eigenvalue weighted by Gasteiger charge is 2.00. The summed E-state index contributed by atoms with van der Waals surface area (Å²) in [4.78, 5) is 4.27. The molecule has 0 aliphatic rings. The van der Waals surface area contributed by atoms with Crippen LogP contribution in [0.15, 0.2) is 30.6 Å². The molecule has 0 bridgehead atoms. The molecule has 2 rings (SSSR count). The van der Waals surface area contributed by atoms with Crippen LogP contribution in [0.4, 0.5) is 0 Å². The van der Waals surface area contributed by atoms with Gasteiger partial charge >= 0.3 is 0 Å². The Bertz CT molecular complexity index is 433. The fourth-order valence-corrected chi connectivity index (χ4v) is 2.14. The average molecular weight is 196 g/mol. The summed E-state index contributed by atoms with van der Waals surface area (Å²) < 4.78 is 2.02. The molecule has 12 heavy (non-hydrogen) atoms. The lowest BCUT2D eigenvalue weighted by Gasteiger charge is -1.99. The summed E-state index contributed by atoms with van der Waals surface area (Å²) in [6.07, 6.45) is 5.79. The van der Waals surface area contributed by atoms with Crippen LogP contribution in [-0.2, 0) is 20.8 Å². The maximum absolute atomic E-state index is 5.18. The van der Waals surface area contributed by atoms with Gasteiger partial charge in [0.2, 0.25) is 0 Å². The van der Waals surface area contributed by atoms with Gasteiger partial charge in [-0.15, -0.1) is 0 Å². The molecular weight excluding hydrogens is 188 g/mol. The zero-order valence-corrected chi connectivity index (χ0v) is 8.23. The summed E-state index contributed by atoms with van der Waals surface area (Å²) >= 11 is 5.18. The number of nitrogens with zero attached hydrogens (tertiary/aromatic N) is 2. The summed E-state index contributed by atoms with van der Waals surface area (Å²) in [7, 11) is -0.185. The lowest BCUT2D eigenvalue weighted by atomic mass is 10.3. The first-order valence-corrected chi connectivity index (χ1v) is 6.06. The molecule has 4 heteroatoms. The molecule has 2 aromatic rings. The Kier molecular flexibility index (Phi) is 1.94. The zero-order chi connectivity index (χ0) is 8.55. The standard InChI is InChI=1S/C8H8N2S2/c1-12(11)10-6-4-7-3-2-5-9-8(7)10/h2-6H,1H3. The second kappa shape index (κ2) is 2.95. The first-order valence-electron chi connectivity index (χ1n) is 3.55. The quantitative estimate of drug-likeness (QED) is 0.688. The average Bonchev–Trinajstić information content (AvgIpc) is 2.47. The molecule has 0 aliphatic heterocycles. The molecule has 0 N–H and O–H groups in total. The van der Waals surface area contributed by atoms with Crippen LogP contribution in [0.1, 0.15) is 0 Å². The maximum Gasteiger partial charge on any atom is 0.150 e. The van der Waals surface area contributed by atoms with Gasteiger partial charge in [-0.3, -0.25) is 3.97 Å². The van der Waals surface area contributed by atoms with E-state index in [2.05, 4.69) is 4.98 Å². The molecule has 0 spiro atoms. The highest BCUT2D eigenvalue weighted by atomic mass is 32.8. The number of fused-ring (bicyclic) bond motifs is 1. The predicted molar refractivity (Wildman–Crippen MR) is 55.8 cm³/mol. The van der Waals surface area contributed by atoms with Crippen LogP contribution in [0.2, 0.25) is 0 Å². The van der Waals surface area contributed by atoms with Gasteiger partial charge in [-0.25, -0.2) is 4.98 Å². The smallest absolute Gasteiger partial charge is 0.150 e. The number of hydrogen-bond donors (Lipinski definition) is 0. The largest absolute Gasteiger partial charge is 0.272 e. The molecule has 0 fully saturated rings. The maximum atomic E-state index is 5.18. The van der Waals surface area contributed by atoms with Crippen molar-refractivity contribution in [1.29, 1.82) is 0 Å². The van der Waals surface area contributed by atoms with Crippen LogP contribution in [0.5, 0.6) is 0 Å². The van der Waals surface area contributed by atoms with Crippen molar-refractivity contribution in [2.75, 3.05) is 6.26 Å². The number of rotatable bonds is 1. The predicted octanol–water partition coefficient (Wildman–Crippen LogP) is 1.51. The fraction of sp³-hybridized carbons (Fsp3) is 0.125. The first-order chi connectivity index (χ1) is 5.79. The lowest BCUT2D eigenvalue weighted by molar-refractivity contribution is 1.26. The van der Waals surface area contributed by atoms with E-state index in [-0.39, 0.29) is 9.64 Å². The summed E-state index contributed by atoms with van der Waals surface area (Å²) in [5.74, 6) is 0. The van der Waals surface area contributed by atoms with Gasteiger partial charge in [0.05, 0.1) is 0 Å². The van der Waals surface area contributed by atoms with Crippen molar-refractivity contribution < 1.29 is 0 Å². The zero-order valence-electron chi connectivity index (χ0n) is 6.60. The second-order valence-electron chi connectivity index (χ2n) is 2.48. The van der Waals surface area contributed by atoms with Gasteiger partial charge in [0.25, 0.3) is 0 Å². The topological polar surface area (TPSA) is 17.8 Å². The third-order valence-electron chi connectivity index (χ3n) is 1.69. The van der Waals surface area contributed by atoms with Crippen LogP contribution >= 0.6 is 0 Å². The van der Waals surface area contributed by atoms with Gasteiger partial charge < -0.3 is 0 Å². The van der Waals surface area contributed by atoms with E-state index in [9.17, 15) is 0 Å². The Labute approximate surface area is 78.0 Å². The molecule has 0 saturated heterocycles. The normalized spacial score (nSPS) is 13.4. The van der Waals surface area contributed by atoms with Crippen LogP contribution < -0.4 is 0 Å². The molecule has 0 radical (unpaired) electrons. The third kappa shape index (κ3) is 1.17. The van der Waals surface area contributed by atoms with Gasteiger partial charge in [-0.05, 0) is 39.0 Å². The molecule has 0 aliphatic carbocycles. The van der Waals surface area contributed by atoms with Crippen molar-refractivity contribution in [3.63, 3.8) is 0 Å². The summed E-state index contributed by atoms with van der Waals surface area (Å²) in [5.41, 5.74) is 0.985. The number of aromatic nitrogens is 2. The van der Waals surface area contributed by atoms with Crippen molar-refractivity contribution >= 4 is 31.9 Å². The Morgan fingerprint density at radius 2 is 2.33 bits per heavy atom. The molecule has 0 amide bonds. The van der Waals surface area contributed by atoms with Gasteiger partial charge in [-0.2, -0.15) is 0 Å². The van der Waals surface area contributed by atoms with Crippen molar-refractivity contribution in [2.24, 2.45) is 0 Å². The highest BCUT2D eigenvalue weighted by molar-refractivity contribution is 8.27. The Morgan fingerprint density at radius 3 is 3.08 bits per heavy atom. The Morgan fingerprint density at radius 1 is 1.50 bits per heavy atom. The molecule has 1 atom stereocenters. The van der Waals surface area contributed by atoms with E-state index in [4.69, 9.17) is 11.2 Å². The minimum absolute atomic E-state index is 0.185. The molecule has 2 aromatic heterocycles. The van der Waals surface area contributed by atoms with Gasteiger partial charge in [0, 0.05) is 24.0 Å². The molecule has 2 heterocycles. The molecule has 62 valence electrons. The molecule has 2 nitrogen and oxygen atoms in total. The van der Waals surface area contributed by atoms with Crippen LogP contribution in [0.3, 0.4) is 0 Å². The van der Waals surface area contributed by atoms with Crippen molar-refractivity contribution in [3.05, 3.63) is 30.6 Å². The van der Waals surface area contributed by atoms with Crippen LogP contribution in [0.25, 0.3) is 11.0 Å². The van der Waals surface area contributed by atoms with Crippen molar-refractivity contribution in [2.45, 2.75) is 0 Å². The molecular formula is C8H8N2S2. The van der Waals surface area contributed by atoms with Gasteiger partial charge in [0.1, 0.15) is 5.65 Å². The SMILES string of the molecule is CS(=S)n1ccc2cccnc21. The van der Waals surface area contributed by atoms with Crippen LogP contribution in [0, 0.1) is 0 Å². The Hall–Kier alpha value is -0.740. The van der Waals surface area contributed by atoms with Crippen molar-refractivity contribution in [3.8, 4) is 0 Å². The number of pyridine rings is 1. The first kappa shape index (κ1) is 7.89. The van der Waals surface area contributed by atoms with Gasteiger partial charge in [0.15, 0.2) is 0 Å². The lowest BCUT2D eigenvalue weighted by Crippen LogP contribution is -1.98. The summed E-state index contributed by atoms with van der Waals surface area (Å²) in [6, 6.07) is 6.02. The molecule has 0 aromatic carbocycles. The summed E-state index contributed by atoms with van der Waals surface area (Å²) in [5, 5.41) is 1.15. The third-order valence-corrected chi connectivity index (χ3v) is 3.02. The minimum Gasteiger partial charge on any atom is -0.272 e. The minimum atomic E-state index is -0.185. The molecule has 0 saturated carbocycles. The van der Waals surface area contributed by atoms with Gasteiger partial charge in [-0.1, -0.05) is 0 Å². The Balaban J connectivity index is 2.79.